The highest BCUT2D eigenvalue weighted by Gasteiger charge is 2.05. The topological polar surface area (TPSA) is 23.6 Å². The third-order valence-corrected chi connectivity index (χ3v) is 1.20. The van der Waals surface area contributed by atoms with Crippen LogP contribution in [0.2, 0.25) is 0 Å². The summed E-state index contributed by atoms with van der Waals surface area (Å²) in [4.78, 5) is 13.7. The van der Waals surface area contributed by atoms with Gasteiger partial charge in [-0.05, 0) is 0 Å². The minimum absolute atomic E-state index is 0.376. The summed E-state index contributed by atoms with van der Waals surface area (Å²) in [5.41, 5.74) is 0. The van der Waals surface area contributed by atoms with E-state index < -0.39 is 0 Å². The Kier molecular flexibility index (Phi) is 1.72. The molecule has 0 aromatic rings. The second-order valence-electron chi connectivity index (χ2n) is 2.09. The maximum absolute atomic E-state index is 9.85. The molecule has 1 radical (unpaired) electrons. The molecule has 0 amide bonds. The average Bonchev–Trinajstić information content (AvgIpc) is 2.17. The van der Waals surface area contributed by atoms with E-state index in [9.17, 15) is 4.79 Å². The van der Waals surface area contributed by atoms with E-state index in [2.05, 4.69) is 0 Å². The largest absolute Gasteiger partial charge is 0.362 e. The van der Waals surface area contributed by atoms with Crippen molar-refractivity contribution in [2.45, 2.75) is 0 Å². The fraction of sp³-hybridized carbons (Fsp3) is 0.500. The van der Waals surface area contributed by atoms with E-state index in [-0.39, 0.29) is 0 Å². The van der Waals surface area contributed by atoms with Gasteiger partial charge in [0.25, 0.3) is 0 Å². The van der Waals surface area contributed by atoms with Crippen molar-refractivity contribution in [1.29, 1.82) is 0 Å². The summed E-state index contributed by atoms with van der Waals surface area (Å²) in [5.74, 6) is 0. The van der Waals surface area contributed by atoms with Crippen molar-refractivity contribution in [3.8, 4) is 0 Å². The molecule has 0 N–H and O–H groups in total. The van der Waals surface area contributed by atoms with Gasteiger partial charge in [-0.25, -0.2) is 0 Å². The lowest BCUT2D eigenvalue weighted by molar-refractivity contribution is 0.320. The van der Waals surface area contributed by atoms with Gasteiger partial charge < -0.3 is 9.80 Å². The quantitative estimate of drug-likeness (QED) is 0.509. The third kappa shape index (κ3) is 1.45. The Bertz CT molecular complexity index is 133. The number of carbonyl (C=O) groups excluding carboxylic acids is 1. The van der Waals surface area contributed by atoms with Gasteiger partial charge in [0.1, 0.15) is 0 Å². The first-order valence-electron chi connectivity index (χ1n) is 2.80. The molecule has 49 valence electrons. The monoisotopic (exact) mass is 125 g/mol. The molecule has 1 aliphatic heterocycles. The average molecular weight is 125 g/mol. The van der Waals surface area contributed by atoms with E-state index in [1.54, 1.807) is 0 Å². The van der Waals surface area contributed by atoms with E-state index in [1.165, 1.54) is 0 Å². The van der Waals surface area contributed by atoms with Gasteiger partial charge in [0, 0.05) is 19.4 Å². The lowest BCUT2D eigenvalue weighted by Crippen LogP contribution is -2.23. The Hall–Kier alpha value is -0.990. The van der Waals surface area contributed by atoms with Gasteiger partial charge in [0.15, 0.2) is 0 Å². The summed E-state index contributed by atoms with van der Waals surface area (Å²) in [5, 5.41) is 0. The Balaban J connectivity index is 2.31. The SMILES string of the molecule is CN1C=CN(C[C]=O)C1. The second kappa shape index (κ2) is 2.53. The number of hydrogen-bond donors (Lipinski definition) is 0. The van der Waals surface area contributed by atoms with Crippen LogP contribution in [0.4, 0.5) is 0 Å². The zero-order valence-electron chi connectivity index (χ0n) is 5.37. The van der Waals surface area contributed by atoms with Crippen molar-refractivity contribution in [1.82, 2.24) is 9.80 Å². The molecule has 0 saturated carbocycles. The van der Waals surface area contributed by atoms with Crippen LogP contribution in [0.25, 0.3) is 0 Å². The molecule has 3 nitrogen and oxygen atoms in total. The van der Waals surface area contributed by atoms with Gasteiger partial charge in [0.05, 0.1) is 13.2 Å². The Morgan fingerprint density at radius 1 is 1.67 bits per heavy atom. The molecule has 0 saturated heterocycles. The van der Waals surface area contributed by atoms with E-state index in [0.29, 0.717) is 6.54 Å². The van der Waals surface area contributed by atoms with Gasteiger partial charge in [-0.2, -0.15) is 0 Å². The summed E-state index contributed by atoms with van der Waals surface area (Å²) in [6.07, 6.45) is 5.64. The molecule has 0 aliphatic carbocycles. The van der Waals surface area contributed by atoms with Crippen molar-refractivity contribution in [3.63, 3.8) is 0 Å². The summed E-state index contributed by atoms with van der Waals surface area (Å²) in [6.45, 7) is 1.18. The van der Waals surface area contributed by atoms with Crippen LogP contribution in [0, 0.1) is 0 Å². The predicted octanol–water partition coefficient (Wildman–Crippen LogP) is -0.228. The maximum atomic E-state index is 9.85. The predicted molar refractivity (Wildman–Crippen MR) is 34.2 cm³/mol. The lowest BCUT2D eigenvalue weighted by atomic mass is 10.6. The molecule has 0 spiro atoms. The first-order chi connectivity index (χ1) is 4.33. The van der Waals surface area contributed by atoms with Crippen LogP contribution in [0.15, 0.2) is 12.4 Å². The molecule has 0 bridgehead atoms. The lowest BCUT2D eigenvalue weighted by Gasteiger charge is -2.13. The van der Waals surface area contributed by atoms with Crippen molar-refractivity contribution in [3.05, 3.63) is 12.4 Å². The fourth-order valence-electron chi connectivity index (χ4n) is 0.775. The van der Waals surface area contributed by atoms with Crippen LogP contribution in [-0.4, -0.2) is 36.3 Å². The molecule has 0 atom stereocenters. The number of hydrogen-bond acceptors (Lipinski definition) is 3. The Labute approximate surface area is 54.5 Å². The molecule has 1 aliphatic rings. The molecule has 0 aromatic carbocycles. The van der Waals surface area contributed by atoms with Crippen molar-refractivity contribution >= 4 is 6.29 Å². The van der Waals surface area contributed by atoms with Crippen LogP contribution in [-0.2, 0) is 4.79 Å². The van der Waals surface area contributed by atoms with E-state index >= 15 is 0 Å². The summed E-state index contributed by atoms with van der Waals surface area (Å²) < 4.78 is 0. The number of nitrogens with zero attached hydrogens (tertiary/aromatic N) is 2. The zero-order valence-corrected chi connectivity index (χ0v) is 5.37. The molecular formula is C6H9N2O. The fourth-order valence-corrected chi connectivity index (χ4v) is 0.775. The molecule has 3 heteroatoms. The molecular weight excluding hydrogens is 116 g/mol. The summed E-state index contributed by atoms with van der Waals surface area (Å²) in [7, 11) is 1.96. The first kappa shape index (κ1) is 6.13. The van der Waals surface area contributed by atoms with Crippen LogP contribution >= 0.6 is 0 Å². The number of rotatable bonds is 2. The van der Waals surface area contributed by atoms with Gasteiger partial charge >= 0.3 is 0 Å². The maximum Gasteiger partial charge on any atom is 0.219 e. The summed E-state index contributed by atoms with van der Waals surface area (Å²) >= 11 is 0. The smallest absolute Gasteiger partial charge is 0.219 e. The van der Waals surface area contributed by atoms with Crippen LogP contribution in [0.3, 0.4) is 0 Å². The highest BCUT2D eigenvalue weighted by Crippen LogP contribution is 2.00. The Morgan fingerprint density at radius 2 is 2.44 bits per heavy atom. The van der Waals surface area contributed by atoms with E-state index in [0.717, 1.165) is 6.67 Å². The molecule has 1 heterocycles. The van der Waals surface area contributed by atoms with E-state index in [4.69, 9.17) is 0 Å². The third-order valence-electron chi connectivity index (χ3n) is 1.20. The second-order valence-corrected chi connectivity index (χ2v) is 2.09. The van der Waals surface area contributed by atoms with Gasteiger partial charge in [-0.15, -0.1) is 0 Å². The first-order valence-corrected chi connectivity index (χ1v) is 2.80. The molecule has 0 aromatic heterocycles. The Morgan fingerprint density at radius 3 is 2.89 bits per heavy atom. The van der Waals surface area contributed by atoms with Crippen LogP contribution in [0.5, 0.6) is 0 Å². The van der Waals surface area contributed by atoms with Gasteiger partial charge in [-0.3, -0.25) is 4.79 Å². The summed E-state index contributed by atoms with van der Waals surface area (Å²) in [6, 6.07) is 0. The molecule has 0 fully saturated rings. The minimum Gasteiger partial charge on any atom is -0.362 e. The van der Waals surface area contributed by atoms with Crippen molar-refractivity contribution < 1.29 is 4.79 Å². The van der Waals surface area contributed by atoms with E-state index in [1.807, 2.05) is 35.5 Å². The normalized spacial score (nSPS) is 17.0. The molecule has 1 rings (SSSR count). The van der Waals surface area contributed by atoms with Gasteiger partial charge in [-0.1, -0.05) is 0 Å². The minimum atomic E-state index is 0.376. The highest BCUT2D eigenvalue weighted by molar-refractivity contribution is 5.53. The zero-order chi connectivity index (χ0) is 6.69. The van der Waals surface area contributed by atoms with Crippen LogP contribution < -0.4 is 0 Å². The van der Waals surface area contributed by atoms with Crippen LogP contribution in [0.1, 0.15) is 0 Å². The van der Waals surface area contributed by atoms with Gasteiger partial charge in [0.2, 0.25) is 6.29 Å². The highest BCUT2D eigenvalue weighted by atomic mass is 16.1. The molecule has 9 heavy (non-hydrogen) atoms. The van der Waals surface area contributed by atoms with Crippen molar-refractivity contribution in [2.24, 2.45) is 0 Å². The molecule has 0 unspecified atom stereocenters. The van der Waals surface area contributed by atoms with Crippen molar-refractivity contribution in [2.75, 3.05) is 20.3 Å². The standard InChI is InChI=1S/C6H9N2O/c1-7-2-3-8(6-7)4-5-9/h2-3H,4,6H2,1H3.